The van der Waals surface area contributed by atoms with Gasteiger partial charge in [0.2, 0.25) is 0 Å². The molecule has 0 fully saturated rings. The van der Waals surface area contributed by atoms with Crippen molar-refractivity contribution in [2.45, 2.75) is 38.2 Å². The third-order valence-corrected chi connectivity index (χ3v) is 5.67. The molecule has 4 rings (SSSR count). The lowest BCUT2D eigenvalue weighted by atomic mass is 10.1. The summed E-state index contributed by atoms with van der Waals surface area (Å²) in [7, 11) is 0. The lowest BCUT2D eigenvalue weighted by Gasteiger charge is -2.09. The van der Waals surface area contributed by atoms with Crippen LogP contribution in [0.4, 0.5) is 0 Å². The smallest absolute Gasteiger partial charge is 0.336 e. The van der Waals surface area contributed by atoms with E-state index in [1.165, 1.54) is 5.56 Å². The zero-order chi connectivity index (χ0) is 19.7. The first kappa shape index (κ1) is 18.5. The van der Waals surface area contributed by atoms with Crippen LogP contribution in [0.2, 0.25) is 0 Å². The SMILES string of the molecule is CCn1c(SCc2cc(=O)oc3cc(C)ccc23)nnc1-c1cccc(C)c1. The molecule has 2 aromatic heterocycles. The predicted molar refractivity (Wildman–Crippen MR) is 113 cm³/mol. The number of thioether (sulfide) groups is 1. The average molecular weight is 391 g/mol. The van der Waals surface area contributed by atoms with E-state index in [1.54, 1.807) is 17.8 Å². The summed E-state index contributed by atoms with van der Waals surface area (Å²) in [5.41, 5.74) is 4.55. The van der Waals surface area contributed by atoms with Crippen molar-refractivity contribution < 1.29 is 4.42 Å². The van der Waals surface area contributed by atoms with Crippen LogP contribution >= 0.6 is 11.8 Å². The number of aryl methyl sites for hydroxylation is 2. The van der Waals surface area contributed by atoms with E-state index in [0.29, 0.717) is 11.3 Å². The lowest BCUT2D eigenvalue weighted by molar-refractivity contribution is 0.559. The predicted octanol–water partition coefficient (Wildman–Crippen LogP) is 4.98. The molecule has 0 spiro atoms. The molecule has 0 bridgehead atoms. The van der Waals surface area contributed by atoms with Gasteiger partial charge in [0.1, 0.15) is 5.58 Å². The van der Waals surface area contributed by atoms with Crippen LogP contribution in [0.3, 0.4) is 0 Å². The van der Waals surface area contributed by atoms with E-state index >= 15 is 0 Å². The van der Waals surface area contributed by atoms with E-state index in [4.69, 9.17) is 4.42 Å². The molecule has 2 heterocycles. The number of fused-ring (bicyclic) bond motifs is 1. The van der Waals surface area contributed by atoms with Crippen LogP contribution in [0.25, 0.3) is 22.4 Å². The summed E-state index contributed by atoms with van der Waals surface area (Å²) in [6.45, 7) is 6.91. The Bertz CT molecular complexity index is 1210. The Morgan fingerprint density at radius 2 is 1.86 bits per heavy atom. The summed E-state index contributed by atoms with van der Waals surface area (Å²) >= 11 is 1.58. The second kappa shape index (κ2) is 7.64. The van der Waals surface area contributed by atoms with Gasteiger partial charge >= 0.3 is 5.63 Å². The Kier molecular flexibility index (Phi) is 5.05. The number of hydrogen-bond acceptors (Lipinski definition) is 5. The largest absolute Gasteiger partial charge is 0.423 e. The molecule has 0 saturated carbocycles. The van der Waals surface area contributed by atoms with Crippen molar-refractivity contribution >= 4 is 22.7 Å². The minimum Gasteiger partial charge on any atom is -0.423 e. The van der Waals surface area contributed by atoms with Crippen LogP contribution in [-0.2, 0) is 12.3 Å². The standard InChI is InChI=1S/C22H21N3O2S/c1-4-25-21(16-7-5-6-14(2)10-16)23-24-22(25)28-13-17-12-20(26)27-19-11-15(3)8-9-18(17)19/h5-12H,4,13H2,1-3H3. The van der Waals surface area contributed by atoms with Crippen molar-refractivity contribution in [3.05, 3.63) is 75.6 Å². The Morgan fingerprint density at radius 3 is 2.64 bits per heavy atom. The van der Waals surface area contributed by atoms with E-state index < -0.39 is 0 Å². The lowest BCUT2D eigenvalue weighted by Crippen LogP contribution is -2.02. The molecule has 0 aliphatic carbocycles. The van der Waals surface area contributed by atoms with Gasteiger partial charge in [0, 0.05) is 29.3 Å². The van der Waals surface area contributed by atoms with Crippen molar-refractivity contribution in [2.75, 3.05) is 0 Å². The molecule has 4 aromatic rings. The summed E-state index contributed by atoms with van der Waals surface area (Å²) in [5.74, 6) is 1.48. The maximum Gasteiger partial charge on any atom is 0.336 e. The summed E-state index contributed by atoms with van der Waals surface area (Å²) in [6, 6.07) is 15.8. The molecule has 0 amide bonds. The molecule has 0 atom stereocenters. The highest BCUT2D eigenvalue weighted by Gasteiger charge is 2.14. The Labute approximate surface area is 167 Å². The van der Waals surface area contributed by atoms with E-state index in [0.717, 1.165) is 39.6 Å². The van der Waals surface area contributed by atoms with Gasteiger partial charge in [-0.1, -0.05) is 47.7 Å². The highest BCUT2D eigenvalue weighted by molar-refractivity contribution is 7.98. The van der Waals surface area contributed by atoms with Crippen LogP contribution in [0.1, 0.15) is 23.6 Å². The zero-order valence-corrected chi connectivity index (χ0v) is 16.9. The molecule has 2 aromatic carbocycles. The summed E-state index contributed by atoms with van der Waals surface area (Å²) in [5, 5.41) is 10.6. The third kappa shape index (κ3) is 3.60. The van der Waals surface area contributed by atoms with Crippen molar-refractivity contribution in [2.24, 2.45) is 0 Å². The summed E-state index contributed by atoms with van der Waals surface area (Å²) in [6.07, 6.45) is 0. The van der Waals surface area contributed by atoms with Gasteiger partial charge in [0.25, 0.3) is 0 Å². The Morgan fingerprint density at radius 1 is 1.04 bits per heavy atom. The second-order valence-corrected chi connectivity index (χ2v) is 7.74. The highest BCUT2D eigenvalue weighted by atomic mass is 32.2. The summed E-state index contributed by atoms with van der Waals surface area (Å²) in [4.78, 5) is 12.0. The average Bonchev–Trinajstić information content (AvgIpc) is 3.08. The molecule has 5 nitrogen and oxygen atoms in total. The number of nitrogens with zero attached hydrogens (tertiary/aromatic N) is 3. The van der Waals surface area contributed by atoms with Crippen LogP contribution in [0.15, 0.2) is 62.9 Å². The molecule has 28 heavy (non-hydrogen) atoms. The quantitative estimate of drug-likeness (QED) is 0.355. The van der Waals surface area contributed by atoms with Crippen molar-refractivity contribution in [3.8, 4) is 11.4 Å². The highest BCUT2D eigenvalue weighted by Crippen LogP contribution is 2.29. The fourth-order valence-electron chi connectivity index (χ4n) is 3.28. The van der Waals surface area contributed by atoms with Gasteiger partial charge in [-0.25, -0.2) is 4.79 Å². The Hall–Kier alpha value is -2.86. The molecular formula is C22H21N3O2S. The van der Waals surface area contributed by atoms with Crippen LogP contribution in [0.5, 0.6) is 0 Å². The first-order valence-electron chi connectivity index (χ1n) is 9.21. The van der Waals surface area contributed by atoms with E-state index in [1.807, 2.05) is 31.2 Å². The van der Waals surface area contributed by atoms with Crippen LogP contribution in [0, 0.1) is 13.8 Å². The molecule has 0 radical (unpaired) electrons. The number of aromatic nitrogens is 3. The number of benzene rings is 2. The fourth-order valence-corrected chi connectivity index (χ4v) is 4.27. The molecule has 0 saturated heterocycles. The van der Waals surface area contributed by atoms with Gasteiger partial charge in [0.15, 0.2) is 11.0 Å². The maximum atomic E-state index is 12.0. The van der Waals surface area contributed by atoms with E-state index in [9.17, 15) is 4.79 Å². The van der Waals surface area contributed by atoms with Gasteiger partial charge in [-0.3, -0.25) is 0 Å². The van der Waals surface area contributed by atoms with Gasteiger partial charge in [0.05, 0.1) is 0 Å². The van der Waals surface area contributed by atoms with Crippen molar-refractivity contribution in [3.63, 3.8) is 0 Å². The molecule has 0 aliphatic rings. The fraction of sp³-hybridized carbons (Fsp3) is 0.227. The number of rotatable bonds is 5. The van der Waals surface area contributed by atoms with Crippen LogP contribution in [-0.4, -0.2) is 14.8 Å². The van der Waals surface area contributed by atoms with Gasteiger partial charge in [-0.15, -0.1) is 10.2 Å². The van der Waals surface area contributed by atoms with Gasteiger partial charge in [-0.05, 0) is 44.0 Å². The second-order valence-electron chi connectivity index (χ2n) is 6.80. The molecule has 6 heteroatoms. The normalized spacial score (nSPS) is 11.2. The topological polar surface area (TPSA) is 60.9 Å². The first-order chi connectivity index (χ1) is 13.5. The van der Waals surface area contributed by atoms with Gasteiger partial charge < -0.3 is 8.98 Å². The Balaban J connectivity index is 1.66. The van der Waals surface area contributed by atoms with E-state index in [2.05, 4.69) is 46.8 Å². The monoisotopic (exact) mass is 391 g/mol. The summed E-state index contributed by atoms with van der Waals surface area (Å²) < 4.78 is 7.46. The maximum absolute atomic E-state index is 12.0. The minimum absolute atomic E-state index is 0.328. The molecular weight excluding hydrogens is 370 g/mol. The van der Waals surface area contributed by atoms with Crippen molar-refractivity contribution in [1.82, 2.24) is 14.8 Å². The van der Waals surface area contributed by atoms with Gasteiger partial charge in [-0.2, -0.15) is 0 Å². The van der Waals surface area contributed by atoms with E-state index in [-0.39, 0.29) is 5.63 Å². The number of hydrogen-bond donors (Lipinski definition) is 0. The minimum atomic E-state index is -0.328. The molecule has 142 valence electrons. The zero-order valence-electron chi connectivity index (χ0n) is 16.1. The van der Waals surface area contributed by atoms with Crippen LogP contribution < -0.4 is 5.63 Å². The molecule has 0 N–H and O–H groups in total. The van der Waals surface area contributed by atoms with Crippen molar-refractivity contribution in [1.29, 1.82) is 0 Å². The molecule has 0 aliphatic heterocycles. The first-order valence-corrected chi connectivity index (χ1v) is 10.2. The third-order valence-electron chi connectivity index (χ3n) is 4.65. The molecule has 0 unspecified atom stereocenters.